The maximum absolute atomic E-state index is 5.90. The molecule has 0 saturated heterocycles. The Kier molecular flexibility index (Phi) is 2.56. The van der Waals surface area contributed by atoms with Gasteiger partial charge in [-0.25, -0.2) is 0 Å². The Hall–Kier alpha value is -1.24. The van der Waals surface area contributed by atoms with Crippen LogP contribution in [0.3, 0.4) is 0 Å². The van der Waals surface area contributed by atoms with Crippen LogP contribution in [0.5, 0.6) is 0 Å². The third-order valence-corrected chi connectivity index (χ3v) is 2.45. The molecule has 0 fully saturated rings. The summed E-state index contributed by atoms with van der Waals surface area (Å²) in [4.78, 5) is 0. The molecule has 0 radical (unpaired) electrons. The van der Waals surface area contributed by atoms with Crippen molar-refractivity contribution in [2.24, 2.45) is 0 Å². The predicted molar refractivity (Wildman–Crippen MR) is 63.6 cm³/mol. The van der Waals surface area contributed by atoms with Gasteiger partial charge in [-0.3, -0.25) is 0 Å². The molecule has 0 N–H and O–H groups in total. The third-order valence-electron chi connectivity index (χ3n) is 2.45. The maximum atomic E-state index is 5.90. The normalized spacial score (nSPS) is 15.5. The van der Waals surface area contributed by atoms with Gasteiger partial charge in [-0.1, -0.05) is 24.3 Å². The first kappa shape index (κ1) is 10.3. The summed E-state index contributed by atoms with van der Waals surface area (Å²) in [6, 6.07) is 8.53. The van der Waals surface area contributed by atoms with Crippen molar-refractivity contribution >= 4 is 6.08 Å². The molecule has 2 rings (SSSR count). The summed E-state index contributed by atoms with van der Waals surface area (Å²) in [6.45, 7) is 6.27. The number of aryl methyl sites for hydroxylation is 1. The fourth-order valence-corrected chi connectivity index (χ4v) is 1.88. The molecule has 1 aliphatic carbocycles. The smallest absolute Gasteiger partial charge is 0.100 e. The van der Waals surface area contributed by atoms with Gasteiger partial charge in [0.05, 0.1) is 5.76 Å². The van der Waals surface area contributed by atoms with Crippen molar-refractivity contribution in [1.29, 1.82) is 0 Å². The van der Waals surface area contributed by atoms with Gasteiger partial charge in [-0.05, 0) is 44.4 Å². The number of ether oxygens (including phenoxy) is 1. The van der Waals surface area contributed by atoms with Crippen LogP contribution < -0.4 is 0 Å². The Bertz CT molecular complexity index is 383. The first-order valence-electron chi connectivity index (χ1n) is 5.52. The lowest BCUT2D eigenvalue weighted by atomic mass is 9.96. The zero-order valence-corrected chi connectivity index (χ0v) is 9.71. The third kappa shape index (κ3) is 2.62. The minimum Gasteiger partial charge on any atom is -0.492 e. The summed E-state index contributed by atoms with van der Waals surface area (Å²) in [6.07, 6.45) is 4.29. The van der Waals surface area contributed by atoms with Crippen LogP contribution in [0.15, 0.2) is 30.0 Å². The minimum atomic E-state index is -0.0852. The van der Waals surface area contributed by atoms with E-state index in [0.29, 0.717) is 0 Å². The first-order chi connectivity index (χ1) is 7.04. The van der Waals surface area contributed by atoms with Crippen molar-refractivity contribution in [3.05, 3.63) is 41.2 Å². The molecule has 0 aliphatic heterocycles. The molecule has 1 heteroatoms. The Labute approximate surface area is 91.8 Å². The Morgan fingerprint density at radius 1 is 1.07 bits per heavy atom. The zero-order chi connectivity index (χ0) is 10.9. The zero-order valence-electron chi connectivity index (χ0n) is 9.71. The van der Waals surface area contributed by atoms with Crippen molar-refractivity contribution in [3.8, 4) is 0 Å². The Balaban J connectivity index is 2.22. The SMILES string of the molecule is CC(C)(C)OC1=Cc2ccccc2CC1. The molecule has 15 heavy (non-hydrogen) atoms. The topological polar surface area (TPSA) is 9.23 Å². The molecule has 0 unspecified atom stereocenters. The summed E-state index contributed by atoms with van der Waals surface area (Å²) in [7, 11) is 0. The summed E-state index contributed by atoms with van der Waals surface area (Å²) in [5.41, 5.74) is 2.65. The largest absolute Gasteiger partial charge is 0.492 e. The molecule has 80 valence electrons. The fraction of sp³-hybridized carbons (Fsp3) is 0.429. The van der Waals surface area contributed by atoms with Gasteiger partial charge in [0, 0.05) is 6.42 Å². The molecule has 0 spiro atoms. The minimum absolute atomic E-state index is 0.0852. The van der Waals surface area contributed by atoms with Crippen LogP contribution in [0.25, 0.3) is 6.08 Å². The number of hydrogen-bond acceptors (Lipinski definition) is 1. The highest BCUT2D eigenvalue weighted by molar-refractivity contribution is 5.58. The van der Waals surface area contributed by atoms with Gasteiger partial charge in [-0.2, -0.15) is 0 Å². The molecule has 0 bridgehead atoms. The Morgan fingerprint density at radius 2 is 1.80 bits per heavy atom. The van der Waals surface area contributed by atoms with E-state index < -0.39 is 0 Å². The van der Waals surface area contributed by atoms with Gasteiger partial charge in [0.2, 0.25) is 0 Å². The lowest BCUT2D eigenvalue weighted by Crippen LogP contribution is -2.19. The molecule has 0 saturated carbocycles. The molecule has 0 heterocycles. The van der Waals surface area contributed by atoms with E-state index in [0.717, 1.165) is 18.6 Å². The highest BCUT2D eigenvalue weighted by atomic mass is 16.5. The second-order valence-electron chi connectivity index (χ2n) is 5.02. The van der Waals surface area contributed by atoms with E-state index in [1.54, 1.807) is 0 Å². The van der Waals surface area contributed by atoms with Gasteiger partial charge in [0.1, 0.15) is 5.60 Å². The average molecular weight is 202 g/mol. The summed E-state index contributed by atoms with van der Waals surface area (Å²) in [5.74, 6) is 1.11. The number of fused-ring (bicyclic) bond motifs is 1. The van der Waals surface area contributed by atoms with E-state index in [1.165, 1.54) is 11.1 Å². The quantitative estimate of drug-likeness (QED) is 0.673. The highest BCUT2D eigenvalue weighted by Gasteiger charge is 2.16. The molecule has 0 aromatic heterocycles. The summed E-state index contributed by atoms with van der Waals surface area (Å²) in [5, 5.41) is 0. The fourth-order valence-electron chi connectivity index (χ4n) is 1.88. The lowest BCUT2D eigenvalue weighted by Gasteiger charge is -2.26. The van der Waals surface area contributed by atoms with E-state index in [2.05, 4.69) is 51.1 Å². The molecule has 1 aromatic carbocycles. The van der Waals surface area contributed by atoms with Gasteiger partial charge >= 0.3 is 0 Å². The van der Waals surface area contributed by atoms with E-state index in [1.807, 2.05) is 0 Å². The van der Waals surface area contributed by atoms with Crippen molar-refractivity contribution in [2.75, 3.05) is 0 Å². The summed E-state index contributed by atoms with van der Waals surface area (Å²) < 4.78 is 5.90. The van der Waals surface area contributed by atoms with Gasteiger partial charge in [-0.15, -0.1) is 0 Å². The highest BCUT2D eigenvalue weighted by Crippen LogP contribution is 2.27. The second-order valence-corrected chi connectivity index (χ2v) is 5.02. The monoisotopic (exact) mass is 202 g/mol. The van der Waals surface area contributed by atoms with Crippen LogP contribution in [0.1, 0.15) is 38.3 Å². The number of benzene rings is 1. The predicted octanol–water partition coefficient (Wildman–Crippen LogP) is 3.79. The van der Waals surface area contributed by atoms with Crippen molar-refractivity contribution in [1.82, 2.24) is 0 Å². The first-order valence-corrected chi connectivity index (χ1v) is 5.52. The van der Waals surface area contributed by atoms with Gasteiger partial charge < -0.3 is 4.74 Å². The summed E-state index contributed by atoms with van der Waals surface area (Å²) >= 11 is 0. The van der Waals surface area contributed by atoms with Crippen molar-refractivity contribution in [3.63, 3.8) is 0 Å². The van der Waals surface area contributed by atoms with Crippen LogP contribution in [-0.4, -0.2) is 5.60 Å². The van der Waals surface area contributed by atoms with Crippen molar-refractivity contribution in [2.45, 2.75) is 39.2 Å². The molecule has 1 aromatic rings. The van der Waals surface area contributed by atoms with E-state index in [-0.39, 0.29) is 5.60 Å². The Morgan fingerprint density at radius 3 is 2.53 bits per heavy atom. The van der Waals surface area contributed by atoms with Gasteiger partial charge in [0.25, 0.3) is 0 Å². The van der Waals surface area contributed by atoms with E-state index >= 15 is 0 Å². The number of allylic oxidation sites excluding steroid dienone is 1. The van der Waals surface area contributed by atoms with Crippen LogP contribution in [0.2, 0.25) is 0 Å². The lowest BCUT2D eigenvalue weighted by molar-refractivity contribution is 0.0486. The molecular weight excluding hydrogens is 184 g/mol. The van der Waals surface area contributed by atoms with Crippen LogP contribution in [-0.2, 0) is 11.2 Å². The second kappa shape index (κ2) is 3.73. The van der Waals surface area contributed by atoms with Gasteiger partial charge in [0.15, 0.2) is 0 Å². The average Bonchev–Trinajstić information content (AvgIpc) is 2.15. The van der Waals surface area contributed by atoms with E-state index in [9.17, 15) is 0 Å². The van der Waals surface area contributed by atoms with Crippen LogP contribution in [0.4, 0.5) is 0 Å². The number of rotatable bonds is 1. The van der Waals surface area contributed by atoms with Crippen LogP contribution in [0, 0.1) is 0 Å². The molecule has 1 nitrogen and oxygen atoms in total. The van der Waals surface area contributed by atoms with Crippen LogP contribution >= 0.6 is 0 Å². The molecule has 1 aliphatic rings. The standard InChI is InChI=1S/C14H18O/c1-14(2,3)15-13-9-8-11-6-4-5-7-12(11)10-13/h4-7,10H,8-9H2,1-3H3. The molecule has 0 amide bonds. The van der Waals surface area contributed by atoms with E-state index in [4.69, 9.17) is 4.74 Å². The van der Waals surface area contributed by atoms with Crippen molar-refractivity contribution < 1.29 is 4.74 Å². The maximum Gasteiger partial charge on any atom is 0.100 e. The number of hydrogen-bond donors (Lipinski definition) is 0. The molecular formula is C14H18O. The molecule has 0 atom stereocenters.